The van der Waals surface area contributed by atoms with E-state index in [1.807, 2.05) is 12.1 Å². The summed E-state index contributed by atoms with van der Waals surface area (Å²) >= 11 is 0. The molecule has 0 aliphatic heterocycles. The molecule has 0 spiro atoms. The molecule has 0 radical (unpaired) electrons. The van der Waals surface area contributed by atoms with Gasteiger partial charge in [0.1, 0.15) is 5.82 Å². The van der Waals surface area contributed by atoms with E-state index >= 15 is 0 Å². The number of hydrogen-bond acceptors (Lipinski definition) is 2. The Morgan fingerprint density at radius 1 is 0.767 bits per heavy atom. The summed E-state index contributed by atoms with van der Waals surface area (Å²) in [6.07, 6.45) is 1.93. The Balaban J connectivity index is 2.33. The molecule has 0 bridgehead atoms. The summed E-state index contributed by atoms with van der Waals surface area (Å²) in [5.41, 5.74) is 2.48. The second-order valence-corrected chi connectivity index (χ2v) is 19.3. The molecule has 0 aliphatic carbocycles. The molecule has 0 heterocycles. The Hall–Kier alpha value is -1.28. The van der Waals surface area contributed by atoms with Gasteiger partial charge >= 0.3 is 0 Å². The van der Waals surface area contributed by atoms with Crippen molar-refractivity contribution in [2.45, 2.75) is 65.2 Å². The van der Waals surface area contributed by atoms with Gasteiger partial charge in [0.25, 0.3) is 0 Å². The van der Waals surface area contributed by atoms with Crippen LogP contribution < -0.4 is 0 Å². The van der Waals surface area contributed by atoms with E-state index in [4.69, 9.17) is 8.85 Å². The van der Waals surface area contributed by atoms with E-state index < -0.39 is 16.6 Å². The van der Waals surface area contributed by atoms with Crippen molar-refractivity contribution in [1.29, 1.82) is 0 Å². The van der Waals surface area contributed by atoms with Crippen molar-refractivity contribution in [3.8, 4) is 0 Å². The summed E-state index contributed by atoms with van der Waals surface area (Å²) in [4.78, 5) is 0. The number of benzene rings is 2. The Labute approximate surface area is 185 Å². The molecule has 30 heavy (non-hydrogen) atoms. The van der Waals surface area contributed by atoms with Gasteiger partial charge in [-0.05, 0) is 94.1 Å². The fraction of sp³-hybridized carbons (Fsp3) is 0.520. The molecule has 2 aromatic rings. The van der Waals surface area contributed by atoms with Crippen LogP contribution in [0.5, 0.6) is 0 Å². The first kappa shape index (κ1) is 25.0. The van der Waals surface area contributed by atoms with Gasteiger partial charge in [0, 0.05) is 12.7 Å². The molecule has 3 atom stereocenters. The second-order valence-electron chi connectivity index (χ2n) is 10.3. The van der Waals surface area contributed by atoms with Crippen LogP contribution in [0.15, 0.2) is 54.6 Å². The average Bonchev–Trinajstić information content (AvgIpc) is 2.63. The van der Waals surface area contributed by atoms with Crippen LogP contribution in [0.3, 0.4) is 0 Å². The van der Waals surface area contributed by atoms with Crippen LogP contribution in [0, 0.1) is 17.7 Å². The highest BCUT2D eigenvalue weighted by molar-refractivity contribution is 6.70. The van der Waals surface area contributed by atoms with Gasteiger partial charge in [-0.1, -0.05) is 42.5 Å². The zero-order valence-electron chi connectivity index (χ0n) is 19.7. The predicted molar refractivity (Wildman–Crippen MR) is 130 cm³/mol. The fourth-order valence-electron chi connectivity index (χ4n) is 3.86. The lowest BCUT2D eigenvalue weighted by atomic mass is 9.80. The van der Waals surface area contributed by atoms with Crippen LogP contribution in [-0.2, 0) is 21.7 Å². The van der Waals surface area contributed by atoms with Crippen LogP contribution in [0.1, 0.15) is 18.1 Å². The standard InChI is InChI=1S/C25H39FO2Si2/c1-20(28-30(5,6)7)25(18-22-13-15-24(26)16-14-22)23(19-27-29(2,3)4)17-21-11-9-8-10-12-21/h8-16,20,23,25H,17-19H2,1-7H3/t20-,23+,25+/m0/s1. The van der Waals surface area contributed by atoms with Gasteiger partial charge in [0.2, 0.25) is 0 Å². The van der Waals surface area contributed by atoms with E-state index in [1.165, 1.54) is 5.56 Å². The molecule has 0 unspecified atom stereocenters. The van der Waals surface area contributed by atoms with Gasteiger partial charge in [0.05, 0.1) is 0 Å². The Morgan fingerprint density at radius 2 is 1.33 bits per heavy atom. The van der Waals surface area contributed by atoms with Crippen molar-refractivity contribution in [2.24, 2.45) is 11.8 Å². The first-order chi connectivity index (χ1) is 13.9. The minimum Gasteiger partial charge on any atom is -0.417 e. The van der Waals surface area contributed by atoms with Gasteiger partial charge in [-0.15, -0.1) is 0 Å². The average molecular weight is 447 g/mol. The smallest absolute Gasteiger partial charge is 0.184 e. The molecular weight excluding hydrogens is 407 g/mol. The molecule has 2 aromatic carbocycles. The van der Waals surface area contributed by atoms with Crippen molar-refractivity contribution in [3.63, 3.8) is 0 Å². The minimum absolute atomic E-state index is 0.112. The molecule has 0 fully saturated rings. The lowest BCUT2D eigenvalue weighted by Gasteiger charge is -2.37. The maximum Gasteiger partial charge on any atom is 0.184 e. The van der Waals surface area contributed by atoms with E-state index in [-0.39, 0.29) is 11.9 Å². The largest absolute Gasteiger partial charge is 0.417 e. The minimum atomic E-state index is -1.70. The SMILES string of the molecule is C[C@H](O[Si](C)(C)C)[C@@H](Cc1ccc(F)cc1)[C@@H](CO[Si](C)(C)C)Cc1ccccc1. The highest BCUT2D eigenvalue weighted by atomic mass is 28.4. The van der Waals surface area contributed by atoms with Crippen LogP contribution >= 0.6 is 0 Å². The monoisotopic (exact) mass is 446 g/mol. The molecular formula is C25H39FO2Si2. The Bertz CT molecular complexity index is 751. The highest BCUT2D eigenvalue weighted by Crippen LogP contribution is 2.30. The third-order valence-electron chi connectivity index (χ3n) is 5.20. The molecule has 0 saturated carbocycles. The molecule has 0 aromatic heterocycles. The number of hydrogen-bond donors (Lipinski definition) is 0. The molecule has 5 heteroatoms. The van der Waals surface area contributed by atoms with E-state index in [9.17, 15) is 4.39 Å². The first-order valence-corrected chi connectivity index (χ1v) is 17.8. The summed E-state index contributed by atoms with van der Waals surface area (Å²) in [5.74, 6) is 0.430. The molecule has 0 aliphatic rings. The van der Waals surface area contributed by atoms with Crippen molar-refractivity contribution >= 4 is 16.6 Å². The van der Waals surface area contributed by atoms with Crippen molar-refractivity contribution in [1.82, 2.24) is 0 Å². The predicted octanol–water partition coefficient (Wildman–Crippen LogP) is 6.93. The second kappa shape index (κ2) is 10.8. The first-order valence-electron chi connectivity index (χ1n) is 11.0. The van der Waals surface area contributed by atoms with Gasteiger partial charge in [-0.2, -0.15) is 0 Å². The van der Waals surface area contributed by atoms with Crippen LogP contribution in [0.2, 0.25) is 39.3 Å². The molecule has 0 amide bonds. The maximum absolute atomic E-state index is 13.5. The van der Waals surface area contributed by atoms with Crippen LogP contribution in [-0.4, -0.2) is 29.3 Å². The van der Waals surface area contributed by atoms with Gasteiger partial charge < -0.3 is 8.85 Å². The third kappa shape index (κ3) is 9.25. The summed E-state index contributed by atoms with van der Waals surface area (Å²) in [6, 6.07) is 17.6. The normalized spacial score (nSPS) is 15.6. The summed E-state index contributed by atoms with van der Waals surface area (Å²) < 4.78 is 26.5. The van der Waals surface area contributed by atoms with E-state index in [0.717, 1.165) is 25.0 Å². The van der Waals surface area contributed by atoms with E-state index in [0.29, 0.717) is 11.8 Å². The van der Waals surface area contributed by atoms with Gasteiger partial charge in [-0.25, -0.2) is 4.39 Å². The van der Waals surface area contributed by atoms with Crippen molar-refractivity contribution in [3.05, 3.63) is 71.5 Å². The summed E-state index contributed by atoms with van der Waals surface area (Å²) in [6.45, 7) is 16.4. The van der Waals surface area contributed by atoms with Gasteiger partial charge in [0.15, 0.2) is 16.6 Å². The molecule has 0 N–H and O–H groups in total. The molecule has 166 valence electrons. The van der Waals surface area contributed by atoms with Gasteiger partial charge in [-0.3, -0.25) is 0 Å². The zero-order valence-corrected chi connectivity index (χ0v) is 21.7. The topological polar surface area (TPSA) is 18.5 Å². The van der Waals surface area contributed by atoms with E-state index in [1.54, 1.807) is 12.1 Å². The number of halogens is 1. The summed E-state index contributed by atoms with van der Waals surface area (Å²) in [5, 5.41) is 0. The molecule has 2 rings (SSSR count). The van der Waals surface area contributed by atoms with Crippen LogP contribution in [0.25, 0.3) is 0 Å². The fourth-order valence-corrected chi connectivity index (χ4v) is 5.87. The third-order valence-corrected chi connectivity index (χ3v) is 7.32. The van der Waals surface area contributed by atoms with Crippen molar-refractivity contribution in [2.75, 3.05) is 6.61 Å². The summed E-state index contributed by atoms with van der Waals surface area (Å²) in [7, 11) is -3.34. The number of rotatable bonds is 11. The van der Waals surface area contributed by atoms with E-state index in [2.05, 4.69) is 76.5 Å². The highest BCUT2D eigenvalue weighted by Gasteiger charge is 2.32. The maximum atomic E-state index is 13.5. The van der Waals surface area contributed by atoms with Crippen molar-refractivity contribution < 1.29 is 13.2 Å². The lowest BCUT2D eigenvalue weighted by molar-refractivity contribution is 0.0757. The Morgan fingerprint density at radius 3 is 1.87 bits per heavy atom. The van der Waals surface area contributed by atoms with Crippen LogP contribution in [0.4, 0.5) is 4.39 Å². The quantitative estimate of drug-likeness (QED) is 0.348. The molecule has 2 nitrogen and oxygen atoms in total. The zero-order chi connectivity index (χ0) is 22.4. The molecule has 0 saturated heterocycles. The lowest BCUT2D eigenvalue weighted by Crippen LogP contribution is -2.41. The Kier molecular flexibility index (Phi) is 9.03.